The molecular formula is C27H41BrO2. The van der Waals surface area contributed by atoms with Crippen LogP contribution >= 0.6 is 15.9 Å². The Balaban J connectivity index is 1.74. The largest absolute Gasteiger partial charge is 0.494 e. The molecule has 2 aromatic carbocycles. The minimum atomic E-state index is 0.810. The van der Waals surface area contributed by atoms with Gasteiger partial charge < -0.3 is 9.47 Å². The summed E-state index contributed by atoms with van der Waals surface area (Å²) >= 11 is 3.49. The summed E-state index contributed by atoms with van der Waals surface area (Å²) in [5, 5.41) is 3.62. The van der Waals surface area contributed by atoms with Gasteiger partial charge in [0.05, 0.1) is 13.2 Å². The Kier molecular flexibility index (Phi) is 13.0. The van der Waals surface area contributed by atoms with Crippen molar-refractivity contribution < 1.29 is 9.47 Å². The first-order valence-corrected chi connectivity index (χ1v) is 13.2. The second-order valence-electron chi connectivity index (χ2n) is 8.35. The fourth-order valence-electron chi connectivity index (χ4n) is 3.85. The van der Waals surface area contributed by atoms with E-state index in [2.05, 4.69) is 60.1 Å². The lowest BCUT2D eigenvalue weighted by Crippen LogP contribution is -2.00. The average Bonchev–Trinajstić information content (AvgIpc) is 2.76. The van der Waals surface area contributed by atoms with E-state index < -0.39 is 0 Å². The molecule has 0 spiro atoms. The predicted molar refractivity (Wildman–Crippen MR) is 135 cm³/mol. The highest BCUT2D eigenvalue weighted by molar-refractivity contribution is 9.09. The predicted octanol–water partition coefficient (Wildman–Crippen LogP) is 9.00. The molecule has 0 amide bonds. The van der Waals surface area contributed by atoms with Crippen molar-refractivity contribution in [3.8, 4) is 11.5 Å². The van der Waals surface area contributed by atoms with Gasteiger partial charge in [0.15, 0.2) is 0 Å². The van der Waals surface area contributed by atoms with E-state index in [0.717, 1.165) is 42.9 Å². The van der Waals surface area contributed by atoms with E-state index in [-0.39, 0.29) is 0 Å². The highest BCUT2D eigenvalue weighted by Crippen LogP contribution is 2.30. The molecule has 168 valence electrons. The molecule has 0 saturated heterocycles. The maximum absolute atomic E-state index is 6.08. The third kappa shape index (κ3) is 9.29. The minimum Gasteiger partial charge on any atom is -0.494 e. The number of benzene rings is 2. The van der Waals surface area contributed by atoms with E-state index in [4.69, 9.17) is 9.47 Å². The number of unbranched alkanes of at least 4 members (excludes halogenated alkanes) is 10. The molecule has 0 N–H and O–H groups in total. The Bertz CT molecular complexity index is 713. The van der Waals surface area contributed by atoms with Crippen LogP contribution in [0, 0.1) is 6.92 Å². The fraction of sp³-hybridized carbons (Fsp3) is 0.630. The molecule has 0 saturated carbocycles. The van der Waals surface area contributed by atoms with Crippen LogP contribution in [0.3, 0.4) is 0 Å². The van der Waals surface area contributed by atoms with Gasteiger partial charge in [-0.3, -0.25) is 0 Å². The van der Waals surface area contributed by atoms with Crippen LogP contribution in [0.2, 0.25) is 0 Å². The van der Waals surface area contributed by atoms with Gasteiger partial charge in [-0.05, 0) is 60.7 Å². The normalized spacial score (nSPS) is 11.2. The van der Waals surface area contributed by atoms with Crippen LogP contribution in [-0.2, 0) is 0 Å². The summed E-state index contributed by atoms with van der Waals surface area (Å²) in [4.78, 5) is 0. The highest BCUT2D eigenvalue weighted by atomic mass is 79.9. The van der Waals surface area contributed by atoms with Crippen LogP contribution in [-0.4, -0.2) is 18.5 Å². The van der Waals surface area contributed by atoms with E-state index in [0.29, 0.717) is 0 Å². The number of hydrogen-bond donors (Lipinski definition) is 0. The van der Waals surface area contributed by atoms with Gasteiger partial charge in [0.1, 0.15) is 11.5 Å². The summed E-state index contributed by atoms with van der Waals surface area (Å²) in [5.74, 6) is 1.99. The molecule has 3 heteroatoms. The van der Waals surface area contributed by atoms with E-state index in [1.807, 2.05) is 0 Å². The first kappa shape index (κ1) is 25.0. The van der Waals surface area contributed by atoms with Crippen molar-refractivity contribution in [3.05, 3.63) is 35.9 Å². The highest BCUT2D eigenvalue weighted by Gasteiger charge is 2.06. The van der Waals surface area contributed by atoms with Crippen LogP contribution in [0.15, 0.2) is 30.3 Å². The topological polar surface area (TPSA) is 18.5 Å². The number of ether oxygens (including phenoxy) is 2. The van der Waals surface area contributed by atoms with Crippen molar-refractivity contribution in [2.45, 2.75) is 90.9 Å². The smallest absolute Gasteiger partial charge is 0.122 e. The molecule has 0 radical (unpaired) electrons. The zero-order valence-electron chi connectivity index (χ0n) is 19.2. The molecule has 0 fully saturated rings. The quantitative estimate of drug-likeness (QED) is 0.167. The molecule has 30 heavy (non-hydrogen) atoms. The van der Waals surface area contributed by atoms with Gasteiger partial charge in [0, 0.05) is 5.33 Å². The second kappa shape index (κ2) is 15.6. The van der Waals surface area contributed by atoms with Crippen molar-refractivity contribution in [1.82, 2.24) is 0 Å². The lowest BCUT2D eigenvalue weighted by molar-refractivity contribution is 0.302. The van der Waals surface area contributed by atoms with Crippen LogP contribution in [0.1, 0.15) is 89.5 Å². The number of alkyl halides is 1. The van der Waals surface area contributed by atoms with E-state index >= 15 is 0 Å². The zero-order valence-corrected chi connectivity index (χ0v) is 20.8. The SMILES string of the molecule is CCCCCCCCOc1ccc2c(C)c(OCCCCCCCCBr)ccc2c1. The molecule has 2 rings (SSSR count). The van der Waals surface area contributed by atoms with Crippen LogP contribution in [0.5, 0.6) is 11.5 Å². The van der Waals surface area contributed by atoms with Gasteiger partial charge in [-0.25, -0.2) is 0 Å². The second-order valence-corrected chi connectivity index (χ2v) is 9.14. The molecular weight excluding hydrogens is 436 g/mol. The maximum atomic E-state index is 6.08. The Hall–Kier alpha value is -1.22. The van der Waals surface area contributed by atoms with Crippen molar-refractivity contribution in [3.63, 3.8) is 0 Å². The third-order valence-corrected chi connectivity index (χ3v) is 6.32. The molecule has 2 nitrogen and oxygen atoms in total. The van der Waals surface area contributed by atoms with E-state index in [1.165, 1.54) is 80.5 Å². The van der Waals surface area contributed by atoms with E-state index in [9.17, 15) is 0 Å². The molecule has 0 heterocycles. The summed E-state index contributed by atoms with van der Waals surface area (Å²) in [5.41, 5.74) is 1.23. The van der Waals surface area contributed by atoms with Crippen molar-refractivity contribution >= 4 is 26.7 Å². The number of rotatable bonds is 17. The Morgan fingerprint density at radius 2 is 1.33 bits per heavy atom. The lowest BCUT2D eigenvalue weighted by Gasteiger charge is -2.13. The van der Waals surface area contributed by atoms with Crippen LogP contribution < -0.4 is 9.47 Å². The van der Waals surface area contributed by atoms with Gasteiger partial charge in [0.25, 0.3) is 0 Å². The van der Waals surface area contributed by atoms with Crippen LogP contribution in [0.25, 0.3) is 10.8 Å². The Labute approximate surface area is 192 Å². The average molecular weight is 478 g/mol. The maximum Gasteiger partial charge on any atom is 0.122 e. The monoisotopic (exact) mass is 476 g/mol. The molecule has 0 bridgehead atoms. The standard InChI is InChI=1S/C27H41BrO2/c1-3-4-5-6-10-13-20-29-25-16-17-26-23(2)27(18-15-24(26)22-25)30-21-14-11-8-7-9-12-19-28/h15-18,22H,3-14,19-21H2,1-2H3. The van der Waals surface area contributed by atoms with Crippen molar-refractivity contribution in [1.29, 1.82) is 0 Å². The van der Waals surface area contributed by atoms with Gasteiger partial charge in [-0.15, -0.1) is 0 Å². The Morgan fingerprint density at radius 3 is 2.03 bits per heavy atom. The molecule has 0 atom stereocenters. The molecule has 0 aromatic heterocycles. The number of hydrogen-bond acceptors (Lipinski definition) is 2. The summed E-state index contributed by atoms with van der Waals surface area (Å²) in [7, 11) is 0. The molecule has 0 aliphatic heterocycles. The minimum absolute atomic E-state index is 0.810. The lowest BCUT2D eigenvalue weighted by atomic mass is 10.0. The van der Waals surface area contributed by atoms with Gasteiger partial charge in [-0.2, -0.15) is 0 Å². The van der Waals surface area contributed by atoms with Crippen LogP contribution in [0.4, 0.5) is 0 Å². The van der Waals surface area contributed by atoms with E-state index in [1.54, 1.807) is 0 Å². The molecule has 0 aliphatic carbocycles. The van der Waals surface area contributed by atoms with Gasteiger partial charge in [-0.1, -0.05) is 92.8 Å². The summed E-state index contributed by atoms with van der Waals surface area (Å²) in [6.45, 7) is 6.04. The summed E-state index contributed by atoms with van der Waals surface area (Å²) < 4.78 is 12.1. The van der Waals surface area contributed by atoms with Gasteiger partial charge >= 0.3 is 0 Å². The first-order valence-electron chi connectivity index (χ1n) is 12.1. The zero-order chi connectivity index (χ0) is 21.4. The Morgan fingerprint density at radius 1 is 0.700 bits per heavy atom. The van der Waals surface area contributed by atoms with Crippen molar-refractivity contribution in [2.75, 3.05) is 18.5 Å². The number of halogens is 1. The summed E-state index contributed by atoms with van der Waals surface area (Å²) in [6, 6.07) is 10.7. The van der Waals surface area contributed by atoms with Gasteiger partial charge in [0.2, 0.25) is 0 Å². The summed E-state index contributed by atoms with van der Waals surface area (Å²) in [6.07, 6.45) is 15.4. The molecule has 0 aliphatic rings. The molecule has 0 unspecified atom stereocenters. The fourth-order valence-corrected chi connectivity index (χ4v) is 4.24. The molecule has 2 aromatic rings. The number of fused-ring (bicyclic) bond motifs is 1. The third-order valence-electron chi connectivity index (χ3n) is 5.76. The number of aryl methyl sites for hydroxylation is 1. The first-order chi connectivity index (χ1) is 14.8. The van der Waals surface area contributed by atoms with Crippen molar-refractivity contribution in [2.24, 2.45) is 0 Å².